The van der Waals surface area contributed by atoms with Crippen LogP contribution in [0, 0.1) is 0 Å². The molecule has 0 spiro atoms. The average Bonchev–Trinajstić information content (AvgIpc) is 2.90. The standard InChI is InChI=1S/C19H17ClN2O3/c1-12-17(10-13-9-16(24-2)7-8-18(13)25-3)19(23)22(21-12)15-6-4-5-14(20)11-15/h4-11H,1-3H3/b17-10+. The van der Waals surface area contributed by atoms with Gasteiger partial charge in [-0.1, -0.05) is 17.7 Å². The van der Waals surface area contributed by atoms with Crippen molar-refractivity contribution in [2.45, 2.75) is 6.92 Å². The van der Waals surface area contributed by atoms with E-state index in [0.29, 0.717) is 33.5 Å². The Bertz CT molecular complexity index is 890. The van der Waals surface area contributed by atoms with Crippen LogP contribution in [0.1, 0.15) is 12.5 Å². The van der Waals surface area contributed by atoms with Gasteiger partial charge >= 0.3 is 0 Å². The molecule has 0 saturated carbocycles. The van der Waals surface area contributed by atoms with E-state index in [0.717, 1.165) is 5.56 Å². The van der Waals surface area contributed by atoms with Crippen molar-refractivity contribution in [3.63, 3.8) is 0 Å². The van der Waals surface area contributed by atoms with Crippen LogP contribution in [0.25, 0.3) is 6.08 Å². The van der Waals surface area contributed by atoms with E-state index in [4.69, 9.17) is 21.1 Å². The van der Waals surface area contributed by atoms with E-state index in [2.05, 4.69) is 5.10 Å². The smallest absolute Gasteiger partial charge is 0.280 e. The monoisotopic (exact) mass is 356 g/mol. The first-order valence-corrected chi connectivity index (χ1v) is 8.00. The highest BCUT2D eigenvalue weighted by Gasteiger charge is 2.29. The molecule has 2 aromatic rings. The van der Waals surface area contributed by atoms with E-state index in [1.54, 1.807) is 63.6 Å². The van der Waals surface area contributed by atoms with Crippen LogP contribution >= 0.6 is 11.6 Å². The second-order valence-corrected chi connectivity index (χ2v) is 5.88. The Kier molecular flexibility index (Phi) is 4.76. The number of carbonyl (C=O) groups is 1. The summed E-state index contributed by atoms with van der Waals surface area (Å²) in [5.74, 6) is 1.11. The Morgan fingerprint density at radius 2 is 1.92 bits per heavy atom. The maximum atomic E-state index is 12.8. The lowest BCUT2D eigenvalue weighted by Gasteiger charge is -2.12. The minimum atomic E-state index is -0.218. The number of carbonyl (C=O) groups excluding carboxylic acids is 1. The molecule has 0 N–H and O–H groups in total. The molecule has 0 radical (unpaired) electrons. The highest BCUT2D eigenvalue weighted by Crippen LogP contribution is 2.30. The van der Waals surface area contributed by atoms with Gasteiger partial charge in [0, 0.05) is 10.6 Å². The molecule has 0 aromatic heterocycles. The van der Waals surface area contributed by atoms with Gasteiger partial charge in [0.15, 0.2) is 0 Å². The Morgan fingerprint density at radius 1 is 1.12 bits per heavy atom. The fraction of sp³-hybridized carbons (Fsp3) is 0.158. The first kappa shape index (κ1) is 17.0. The van der Waals surface area contributed by atoms with Crippen LogP contribution in [-0.4, -0.2) is 25.8 Å². The average molecular weight is 357 g/mol. The van der Waals surface area contributed by atoms with Gasteiger partial charge in [0.2, 0.25) is 0 Å². The van der Waals surface area contributed by atoms with Crippen LogP contribution in [0.2, 0.25) is 5.02 Å². The molecule has 2 aromatic carbocycles. The van der Waals surface area contributed by atoms with Crippen molar-refractivity contribution >= 4 is 35.0 Å². The number of ether oxygens (including phenoxy) is 2. The number of hydrogen-bond donors (Lipinski definition) is 0. The maximum Gasteiger partial charge on any atom is 0.280 e. The normalized spacial score (nSPS) is 15.5. The third-order valence-corrected chi connectivity index (χ3v) is 4.09. The lowest BCUT2D eigenvalue weighted by atomic mass is 10.1. The topological polar surface area (TPSA) is 51.1 Å². The molecule has 0 bridgehead atoms. The van der Waals surface area contributed by atoms with E-state index in [9.17, 15) is 4.79 Å². The summed E-state index contributed by atoms with van der Waals surface area (Å²) in [7, 11) is 3.17. The molecular weight excluding hydrogens is 340 g/mol. The van der Waals surface area contributed by atoms with Crippen LogP contribution in [-0.2, 0) is 4.79 Å². The van der Waals surface area contributed by atoms with Crippen molar-refractivity contribution in [1.82, 2.24) is 0 Å². The summed E-state index contributed by atoms with van der Waals surface area (Å²) in [4.78, 5) is 12.8. The second-order valence-electron chi connectivity index (χ2n) is 5.45. The highest BCUT2D eigenvalue weighted by atomic mass is 35.5. The molecule has 0 saturated heterocycles. The molecule has 25 heavy (non-hydrogen) atoms. The predicted molar refractivity (Wildman–Crippen MR) is 99.6 cm³/mol. The molecule has 1 aliphatic rings. The van der Waals surface area contributed by atoms with Crippen LogP contribution in [0.5, 0.6) is 11.5 Å². The van der Waals surface area contributed by atoms with Crippen molar-refractivity contribution in [2.24, 2.45) is 5.10 Å². The van der Waals surface area contributed by atoms with Crippen LogP contribution in [0.4, 0.5) is 5.69 Å². The van der Waals surface area contributed by atoms with Gasteiger partial charge < -0.3 is 9.47 Å². The van der Waals surface area contributed by atoms with Crippen molar-refractivity contribution in [1.29, 1.82) is 0 Å². The van der Waals surface area contributed by atoms with Gasteiger partial charge in [0.25, 0.3) is 5.91 Å². The molecule has 3 rings (SSSR count). The lowest BCUT2D eigenvalue weighted by Crippen LogP contribution is -2.21. The molecule has 5 nitrogen and oxygen atoms in total. The van der Waals surface area contributed by atoms with Crippen molar-refractivity contribution < 1.29 is 14.3 Å². The molecule has 1 amide bonds. The summed E-state index contributed by atoms with van der Waals surface area (Å²) < 4.78 is 10.6. The van der Waals surface area contributed by atoms with Gasteiger partial charge in [0.1, 0.15) is 11.5 Å². The maximum absolute atomic E-state index is 12.8. The molecule has 6 heteroatoms. The second kappa shape index (κ2) is 6.99. The number of nitrogens with zero attached hydrogens (tertiary/aromatic N) is 2. The number of halogens is 1. The predicted octanol–water partition coefficient (Wildman–Crippen LogP) is 4.16. The molecule has 0 atom stereocenters. The SMILES string of the molecule is COc1ccc(OC)c(/C=C2/C(=O)N(c3cccc(Cl)c3)N=C2C)c1. The summed E-state index contributed by atoms with van der Waals surface area (Å²) in [5.41, 5.74) is 2.48. The highest BCUT2D eigenvalue weighted by molar-refractivity contribution is 6.33. The largest absolute Gasteiger partial charge is 0.497 e. The molecule has 1 heterocycles. The van der Waals surface area contributed by atoms with Gasteiger partial charge in [-0.25, -0.2) is 0 Å². The molecule has 0 aliphatic carbocycles. The minimum Gasteiger partial charge on any atom is -0.497 e. The number of anilines is 1. The van der Waals surface area contributed by atoms with E-state index >= 15 is 0 Å². The number of hydrazone groups is 1. The van der Waals surface area contributed by atoms with E-state index < -0.39 is 0 Å². The summed E-state index contributed by atoms with van der Waals surface area (Å²) in [6.45, 7) is 1.79. The summed E-state index contributed by atoms with van der Waals surface area (Å²) >= 11 is 6.02. The zero-order valence-corrected chi connectivity index (χ0v) is 14.9. The number of amides is 1. The quantitative estimate of drug-likeness (QED) is 0.773. The molecular formula is C19H17ClN2O3. The van der Waals surface area contributed by atoms with Gasteiger partial charge in [-0.15, -0.1) is 0 Å². The van der Waals surface area contributed by atoms with Crippen molar-refractivity contribution in [3.05, 3.63) is 58.6 Å². The Hall–Kier alpha value is -2.79. The summed E-state index contributed by atoms with van der Waals surface area (Å²) in [6.07, 6.45) is 1.76. The third kappa shape index (κ3) is 3.37. The number of benzene rings is 2. The van der Waals surface area contributed by atoms with Crippen molar-refractivity contribution in [3.8, 4) is 11.5 Å². The zero-order chi connectivity index (χ0) is 18.0. The van der Waals surface area contributed by atoms with E-state index in [1.807, 2.05) is 6.07 Å². The van der Waals surface area contributed by atoms with E-state index in [-0.39, 0.29) is 5.91 Å². The van der Waals surface area contributed by atoms with Gasteiger partial charge in [-0.2, -0.15) is 10.1 Å². The fourth-order valence-electron chi connectivity index (χ4n) is 2.57. The lowest BCUT2D eigenvalue weighted by molar-refractivity contribution is -0.114. The number of methoxy groups -OCH3 is 2. The first-order valence-electron chi connectivity index (χ1n) is 7.63. The van der Waals surface area contributed by atoms with Crippen LogP contribution in [0.15, 0.2) is 53.1 Å². The fourth-order valence-corrected chi connectivity index (χ4v) is 2.76. The molecule has 0 fully saturated rings. The Morgan fingerprint density at radius 3 is 2.60 bits per heavy atom. The minimum absolute atomic E-state index is 0.218. The van der Waals surface area contributed by atoms with Crippen molar-refractivity contribution in [2.75, 3.05) is 19.2 Å². The van der Waals surface area contributed by atoms with E-state index in [1.165, 1.54) is 5.01 Å². The Balaban J connectivity index is 2.00. The van der Waals surface area contributed by atoms with Gasteiger partial charge in [-0.05, 0) is 49.4 Å². The summed E-state index contributed by atoms with van der Waals surface area (Å²) in [5, 5.41) is 6.25. The Labute approximate surface area is 151 Å². The van der Waals surface area contributed by atoms with Gasteiger partial charge in [-0.3, -0.25) is 4.79 Å². The molecule has 1 aliphatic heterocycles. The number of rotatable bonds is 4. The zero-order valence-electron chi connectivity index (χ0n) is 14.1. The van der Waals surface area contributed by atoms with Crippen LogP contribution in [0.3, 0.4) is 0 Å². The molecule has 0 unspecified atom stereocenters. The number of hydrogen-bond acceptors (Lipinski definition) is 4. The summed E-state index contributed by atoms with van der Waals surface area (Å²) in [6, 6.07) is 12.4. The van der Waals surface area contributed by atoms with Crippen LogP contribution < -0.4 is 14.5 Å². The van der Waals surface area contributed by atoms with Gasteiger partial charge in [0.05, 0.1) is 31.2 Å². The third-order valence-electron chi connectivity index (χ3n) is 3.85. The first-order chi connectivity index (χ1) is 12.0. The molecule has 128 valence electrons.